The van der Waals surface area contributed by atoms with Crippen LogP contribution in [0.25, 0.3) is 0 Å². The number of nitrogens with zero attached hydrogens (tertiary/aromatic N) is 3. The van der Waals surface area contributed by atoms with E-state index in [1.807, 2.05) is 38.0 Å². The number of hydrogen-bond donors (Lipinski definition) is 0. The number of aryl methyl sites for hydroxylation is 1. The minimum absolute atomic E-state index is 0.933. The largest absolute Gasteiger partial charge is 0.370 e. The van der Waals surface area contributed by atoms with Gasteiger partial charge in [-0.25, -0.2) is 0 Å². The van der Waals surface area contributed by atoms with Gasteiger partial charge in [-0.15, -0.1) is 0 Å². The maximum atomic E-state index is 5.36. The average molecular weight is 402 g/mol. The summed E-state index contributed by atoms with van der Waals surface area (Å²) in [6.45, 7) is 4.07. The Bertz CT molecular complexity index is 520. The van der Waals surface area contributed by atoms with Gasteiger partial charge < -0.3 is 14.7 Å². The maximum absolute atomic E-state index is 5.36. The van der Waals surface area contributed by atoms with Crippen LogP contribution in [0.3, 0.4) is 0 Å². The van der Waals surface area contributed by atoms with E-state index in [2.05, 4.69) is 36.1 Å². The molecule has 0 aliphatic carbocycles. The summed E-state index contributed by atoms with van der Waals surface area (Å²) in [5.41, 5.74) is 2.55. The summed E-state index contributed by atoms with van der Waals surface area (Å²) >= 11 is 14.2. The molecule has 134 valence electrons. The lowest BCUT2D eigenvalue weighted by Gasteiger charge is -2.26. The van der Waals surface area contributed by atoms with Crippen LogP contribution in [0.5, 0.6) is 0 Å². The maximum Gasteiger partial charge on any atom is 0.135 e. The Hall–Kier alpha value is -0.500. The molecule has 3 nitrogen and oxygen atoms in total. The van der Waals surface area contributed by atoms with E-state index in [1.54, 1.807) is 23.5 Å². The van der Waals surface area contributed by atoms with Gasteiger partial charge >= 0.3 is 0 Å². The molecule has 0 atom stereocenters. The van der Waals surface area contributed by atoms with Crippen LogP contribution in [0.2, 0.25) is 0 Å². The van der Waals surface area contributed by atoms with E-state index >= 15 is 0 Å². The third kappa shape index (κ3) is 8.05. The first-order chi connectivity index (χ1) is 11.3. The fourth-order valence-electron chi connectivity index (χ4n) is 1.94. The van der Waals surface area contributed by atoms with Crippen LogP contribution in [-0.4, -0.2) is 71.2 Å². The van der Waals surface area contributed by atoms with Crippen molar-refractivity contribution >= 4 is 62.3 Å². The molecular formula is C17H27N3S4. The predicted molar refractivity (Wildman–Crippen MR) is 121 cm³/mol. The number of anilines is 1. The van der Waals surface area contributed by atoms with Crippen LogP contribution < -0.4 is 4.90 Å². The average Bonchev–Trinajstić information content (AvgIpc) is 2.52. The van der Waals surface area contributed by atoms with Gasteiger partial charge in [-0.05, 0) is 24.6 Å². The Morgan fingerprint density at radius 1 is 0.917 bits per heavy atom. The van der Waals surface area contributed by atoms with Crippen molar-refractivity contribution in [2.75, 3.05) is 57.7 Å². The fourth-order valence-corrected chi connectivity index (χ4v) is 3.93. The molecule has 0 amide bonds. The molecule has 24 heavy (non-hydrogen) atoms. The van der Waals surface area contributed by atoms with Crippen LogP contribution in [0.15, 0.2) is 24.3 Å². The van der Waals surface area contributed by atoms with Gasteiger partial charge in [-0.1, -0.05) is 60.1 Å². The number of hydrogen-bond acceptors (Lipinski definition) is 5. The van der Waals surface area contributed by atoms with E-state index in [4.69, 9.17) is 24.4 Å². The lowest BCUT2D eigenvalue weighted by molar-refractivity contribution is 0.647. The first-order valence-corrected chi connectivity index (χ1v) is 10.6. The number of thioether (sulfide) groups is 2. The van der Waals surface area contributed by atoms with Gasteiger partial charge in [-0.3, -0.25) is 0 Å². The SMILES string of the molecule is Cc1cccc(N(CCSC(=S)N(C)C)CCSC(=S)N(C)C)c1. The van der Waals surface area contributed by atoms with Gasteiger partial charge in [0.25, 0.3) is 0 Å². The Kier molecular flexibility index (Phi) is 10.0. The third-order valence-corrected chi connectivity index (χ3v) is 6.71. The highest BCUT2D eigenvalue weighted by atomic mass is 32.2. The van der Waals surface area contributed by atoms with Crippen LogP contribution in [0.1, 0.15) is 5.56 Å². The predicted octanol–water partition coefficient (Wildman–Crippen LogP) is 3.96. The summed E-state index contributed by atoms with van der Waals surface area (Å²) in [4.78, 5) is 6.40. The minimum atomic E-state index is 0.933. The lowest BCUT2D eigenvalue weighted by atomic mass is 10.2. The van der Waals surface area contributed by atoms with Gasteiger partial charge in [0.05, 0.1) is 0 Å². The normalized spacial score (nSPS) is 10.4. The van der Waals surface area contributed by atoms with Crippen molar-refractivity contribution in [3.05, 3.63) is 29.8 Å². The first-order valence-electron chi connectivity index (χ1n) is 7.81. The van der Waals surface area contributed by atoms with Crippen LogP contribution >= 0.6 is 48.0 Å². The first kappa shape index (κ1) is 21.5. The van der Waals surface area contributed by atoms with Crippen LogP contribution in [0.4, 0.5) is 5.69 Å². The Morgan fingerprint density at radius 2 is 1.42 bits per heavy atom. The molecular weight excluding hydrogens is 374 g/mol. The molecule has 0 radical (unpaired) electrons. The molecule has 0 unspecified atom stereocenters. The van der Waals surface area contributed by atoms with E-state index in [9.17, 15) is 0 Å². The molecule has 1 aromatic carbocycles. The molecule has 0 fully saturated rings. The van der Waals surface area contributed by atoms with Crippen molar-refractivity contribution in [1.29, 1.82) is 0 Å². The van der Waals surface area contributed by atoms with Crippen molar-refractivity contribution in [3.8, 4) is 0 Å². The van der Waals surface area contributed by atoms with E-state index in [0.29, 0.717) is 0 Å². The second-order valence-corrected chi connectivity index (χ2v) is 9.30. The highest BCUT2D eigenvalue weighted by Crippen LogP contribution is 2.18. The minimum Gasteiger partial charge on any atom is -0.370 e. The summed E-state index contributed by atoms with van der Waals surface area (Å²) in [6.07, 6.45) is 0. The Balaban J connectivity index is 2.62. The zero-order valence-corrected chi connectivity index (χ0v) is 18.4. The molecule has 0 saturated carbocycles. The lowest BCUT2D eigenvalue weighted by Crippen LogP contribution is -2.30. The topological polar surface area (TPSA) is 9.72 Å². The summed E-state index contributed by atoms with van der Waals surface area (Å²) in [5, 5.41) is 0. The van der Waals surface area contributed by atoms with Gasteiger partial charge in [0.15, 0.2) is 0 Å². The smallest absolute Gasteiger partial charge is 0.135 e. The van der Waals surface area contributed by atoms with E-state index < -0.39 is 0 Å². The second kappa shape index (κ2) is 11.2. The monoisotopic (exact) mass is 401 g/mol. The summed E-state index contributed by atoms with van der Waals surface area (Å²) < 4.78 is 1.87. The van der Waals surface area contributed by atoms with Crippen molar-refractivity contribution in [1.82, 2.24) is 9.80 Å². The third-order valence-electron chi connectivity index (χ3n) is 3.27. The number of benzene rings is 1. The van der Waals surface area contributed by atoms with Crippen LogP contribution in [0, 0.1) is 6.92 Å². The molecule has 0 aromatic heterocycles. The summed E-state index contributed by atoms with van der Waals surface area (Å²) in [5.74, 6) is 1.96. The molecule has 0 bridgehead atoms. The zero-order valence-electron chi connectivity index (χ0n) is 15.1. The zero-order chi connectivity index (χ0) is 18.1. The van der Waals surface area contributed by atoms with E-state index in [-0.39, 0.29) is 0 Å². The standard InChI is InChI=1S/C17H27N3S4/c1-14-7-6-8-15(13-14)20(9-11-23-16(21)18(2)3)10-12-24-17(22)19(4)5/h6-8,13H,9-12H2,1-5H3. The summed E-state index contributed by atoms with van der Waals surface area (Å²) in [7, 11) is 7.97. The molecule has 0 N–H and O–H groups in total. The van der Waals surface area contributed by atoms with E-state index in [0.717, 1.165) is 33.2 Å². The molecule has 1 rings (SSSR count). The Morgan fingerprint density at radius 3 is 1.83 bits per heavy atom. The second-order valence-electron chi connectivity index (χ2n) is 5.84. The van der Waals surface area contributed by atoms with Crippen molar-refractivity contribution in [2.45, 2.75) is 6.92 Å². The van der Waals surface area contributed by atoms with Crippen molar-refractivity contribution < 1.29 is 0 Å². The molecule has 0 aliphatic rings. The molecule has 7 heteroatoms. The number of thiocarbonyl (C=S) groups is 2. The molecule has 1 aromatic rings. The quantitative estimate of drug-likeness (QED) is 0.632. The Labute approximate surface area is 166 Å². The van der Waals surface area contributed by atoms with E-state index in [1.165, 1.54) is 11.3 Å². The van der Waals surface area contributed by atoms with Gasteiger partial charge in [-0.2, -0.15) is 0 Å². The molecule has 0 heterocycles. The molecule has 0 spiro atoms. The van der Waals surface area contributed by atoms with Gasteiger partial charge in [0, 0.05) is 58.5 Å². The van der Waals surface area contributed by atoms with Crippen molar-refractivity contribution in [3.63, 3.8) is 0 Å². The van der Waals surface area contributed by atoms with Gasteiger partial charge in [0.2, 0.25) is 0 Å². The van der Waals surface area contributed by atoms with Gasteiger partial charge in [0.1, 0.15) is 8.64 Å². The van der Waals surface area contributed by atoms with Crippen LogP contribution in [-0.2, 0) is 0 Å². The molecule has 0 aliphatic heterocycles. The fraction of sp³-hybridized carbons (Fsp3) is 0.529. The highest BCUT2D eigenvalue weighted by molar-refractivity contribution is 8.23. The van der Waals surface area contributed by atoms with Crippen molar-refractivity contribution in [2.24, 2.45) is 0 Å². The highest BCUT2D eigenvalue weighted by Gasteiger charge is 2.09. The number of rotatable bonds is 7. The molecule has 0 saturated heterocycles. The summed E-state index contributed by atoms with van der Waals surface area (Å²) in [6, 6.07) is 8.67.